The number of nitrogens with zero attached hydrogens (tertiary/aromatic N) is 3. The molecule has 0 bridgehead atoms. The SMILES string of the molecule is Cc1cc(Nc2cc(N)ncn2)c(=O)n2c1C(=O)NC21CCCC2(CC2)CC1. The second-order valence-corrected chi connectivity index (χ2v) is 8.52. The first-order chi connectivity index (χ1) is 13.4. The van der Waals surface area contributed by atoms with Gasteiger partial charge >= 0.3 is 0 Å². The van der Waals surface area contributed by atoms with Crippen LogP contribution in [0.1, 0.15) is 61.0 Å². The van der Waals surface area contributed by atoms with Crippen molar-refractivity contribution in [1.82, 2.24) is 19.9 Å². The van der Waals surface area contributed by atoms with Gasteiger partial charge in [0, 0.05) is 6.07 Å². The number of hydrogen-bond acceptors (Lipinski definition) is 6. The van der Waals surface area contributed by atoms with Gasteiger partial charge in [0.1, 0.15) is 35.0 Å². The summed E-state index contributed by atoms with van der Waals surface area (Å²) in [6, 6.07) is 3.29. The normalized spacial score (nSPS) is 24.7. The fourth-order valence-electron chi connectivity index (χ4n) is 4.93. The van der Waals surface area contributed by atoms with E-state index in [0.717, 1.165) is 31.2 Å². The third-order valence-corrected chi connectivity index (χ3v) is 6.66. The summed E-state index contributed by atoms with van der Waals surface area (Å²) in [6.45, 7) is 1.86. The Morgan fingerprint density at radius 2 is 1.89 bits per heavy atom. The van der Waals surface area contributed by atoms with Crippen molar-refractivity contribution in [3.63, 3.8) is 0 Å². The van der Waals surface area contributed by atoms with Crippen LogP contribution in [0.5, 0.6) is 0 Å². The lowest BCUT2D eigenvalue weighted by Crippen LogP contribution is -2.47. The Balaban J connectivity index is 1.60. The van der Waals surface area contributed by atoms with E-state index >= 15 is 0 Å². The smallest absolute Gasteiger partial charge is 0.276 e. The van der Waals surface area contributed by atoms with Gasteiger partial charge in [-0.1, -0.05) is 0 Å². The highest BCUT2D eigenvalue weighted by molar-refractivity contribution is 5.97. The van der Waals surface area contributed by atoms with Gasteiger partial charge in [-0.15, -0.1) is 0 Å². The number of nitrogen functional groups attached to an aromatic ring is 1. The number of nitrogens with two attached hydrogens (primary N) is 1. The molecule has 8 nitrogen and oxygen atoms in total. The van der Waals surface area contributed by atoms with Crippen LogP contribution >= 0.6 is 0 Å². The molecule has 3 aliphatic rings. The quantitative estimate of drug-likeness (QED) is 0.737. The van der Waals surface area contributed by atoms with Crippen LogP contribution in [0.15, 0.2) is 23.3 Å². The zero-order chi connectivity index (χ0) is 19.5. The number of pyridine rings is 1. The summed E-state index contributed by atoms with van der Waals surface area (Å²) in [6.07, 6.45) is 8.74. The van der Waals surface area contributed by atoms with Crippen molar-refractivity contribution in [3.05, 3.63) is 40.1 Å². The van der Waals surface area contributed by atoms with E-state index < -0.39 is 5.66 Å². The molecule has 2 saturated carbocycles. The van der Waals surface area contributed by atoms with Crippen LogP contribution in [0.4, 0.5) is 17.3 Å². The minimum atomic E-state index is -0.622. The number of nitrogens with one attached hydrogen (secondary N) is 2. The van der Waals surface area contributed by atoms with Crippen molar-refractivity contribution in [2.75, 3.05) is 11.1 Å². The monoisotopic (exact) mass is 380 g/mol. The predicted octanol–water partition coefficient (Wildman–Crippen LogP) is 2.41. The number of anilines is 3. The number of carbonyl (C=O) groups is 1. The Bertz CT molecular complexity index is 1040. The van der Waals surface area contributed by atoms with E-state index in [0.29, 0.717) is 28.4 Å². The molecular weight excluding hydrogens is 356 g/mol. The highest BCUT2D eigenvalue weighted by atomic mass is 16.2. The first-order valence-corrected chi connectivity index (χ1v) is 9.86. The van der Waals surface area contributed by atoms with Gasteiger partial charge in [-0.2, -0.15) is 0 Å². The van der Waals surface area contributed by atoms with E-state index in [1.807, 2.05) is 6.92 Å². The molecular formula is C20H24N6O2. The van der Waals surface area contributed by atoms with E-state index in [-0.39, 0.29) is 11.5 Å². The summed E-state index contributed by atoms with van der Waals surface area (Å²) >= 11 is 0. The molecule has 4 N–H and O–H groups in total. The van der Waals surface area contributed by atoms with E-state index in [2.05, 4.69) is 20.6 Å². The van der Waals surface area contributed by atoms with Crippen LogP contribution in [0.3, 0.4) is 0 Å². The Morgan fingerprint density at radius 3 is 2.64 bits per heavy atom. The largest absolute Gasteiger partial charge is 0.384 e. The van der Waals surface area contributed by atoms with Gasteiger partial charge in [-0.3, -0.25) is 14.2 Å². The third-order valence-electron chi connectivity index (χ3n) is 6.66. The zero-order valence-corrected chi connectivity index (χ0v) is 15.9. The molecule has 1 amide bonds. The Labute approximate surface area is 162 Å². The van der Waals surface area contributed by atoms with E-state index in [1.165, 1.54) is 25.6 Å². The maximum atomic E-state index is 13.4. The van der Waals surface area contributed by atoms with E-state index in [9.17, 15) is 9.59 Å². The van der Waals surface area contributed by atoms with Crippen molar-refractivity contribution in [2.24, 2.45) is 5.41 Å². The highest BCUT2D eigenvalue weighted by Gasteiger charge is 2.51. The van der Waals surface area contributed by atoms with E-state index in [4.69, 9.17) is 5.73 Å². The molecule has 2 aromatic rings. The number of amides is 1. The molecule has 5 rings (SSSR count). The van der Waals surface area contributed by atoms with Gasteiger partial charge in [0.15, 0.2) is 0 Å². The number of hydrogen-bond donors (Lipinski definition) is 3. The molecule has 1 unspecified atom stereocenters. The number of rotatable bonds is 2. The molecule has 0 radical (unpaired) electrons. The standard InChI is InChI=1S/C20H24N6O2/c1-12-9-13(24-15-10-14(21)22-11-23-15)18(28)26-16(12)17(27)25-20(26)4-2-3-19(5-6-19)7-8-20/h9-11H,2-8H2,1H3,(H,25,27)(H3,21,22,23,24). The summed E-state index contributed by atoms with van der Waals surface area (Å²) in [5.41, 5.74) is 6.97. The molecule has 2 fully saturated rings. The first kappa shape index (κ1) is 17.2. The number of fused-ring (bicyclic) bond motifs is 2. The van der Waals surface area contributed by atoms with Crippen molar-refractivity contribution < 1.29 is 4.79 Å². The van der Waals surface area contributed by atoms with Gasteiger partial charge < -0.3 is 16.4 Å². The fraction of sp³-hybridized carbons (Fsp3) is 0.500. The van der Waals surface area contributed by atoms with Crippen LogP contribution in [-0.4, -0.2) is 20.4 Å². The molecule has 1 atom stereocenters. The Kier molecular flexibility index (Phi) is 3.56. The number of aryl methyl sites for hydroxylation is 1. The molecule has 0 aromatic carbocycles. The van der Waals surface area contributed by atoms with Crippen LogP contribution in [0.25, 0.3) is 0 Å². The summed E-state index contributed by atoms with van der Waals surface area (Å²) in [5, 5.41) is 6.23. The van der Waals surface area contributed by atoms with Crippen molar-refractivity contribution in [3.8, 4) is 0 Å². The third kappa shape index (κ3) is 2.58. The number of carbonyl (C=O) groups excluding carboxylic acids is 1. The summed E-state index contributed by atoms with van der Waals surface area (Å²) < 4.78 is 1.71. The van der Waals surface area contributed by atoms with Gasteiger partial charge in [0.05, 0.1) is 0 Å². The van der Waals surface area contributed by atoms with Gasteiger partial charge in [0.2, 0.25) is 0 Å². The van der Waals surface area contributed by atoms with Gasteiger partial charge in [-0.05, 0) is 68.9 Å². The Morgan fingerprint density at radius 1 is 1.11 bits per heavy atom. The maximum Gasteiger partial charge on any atom is 0.276 e. The second kappa shape index (κ2) is 5.80. The van der Waals surface area contributed by atoms with E-state index in [1.54, 1.807) is 16.7 Å². The van der Waals surface area contributed by atoms with Crippen molar-refractivity contribution >= 4 is 23.2 Å². The highest BCUT2D eigenvalue weighted by Crippen LogP contribution is 2.57. The molecule has 1 aliphatic heterocycles. The molecule has 2 spiro atoms. The Hall–Kier alpha value is -2.90. The lowest BCUT2D eigenvalue weighted by atomic mass is 9.96. The first-order valence-electron chi connectivity index (χ1n) is 9.86. The molecule has 0 saturated heterocycles. The molecule has 2 aliphatic carbocycles. The fourth-order valence-corrected chi connectivity index (χ4v) is 4.93. The summed E-state index contributed by atoms with van der Waals surface area (Å²) in [7, 11) is 0. The van der Waals surface area contributed by atoms with Crippen LogP contribution < -0.4 is 21.9 Å². The van der Waals surface area contributed by atoms with Crippen LogP contribution in [0, 0.1) is 12.3 Å². The summed E-state index contributed by atoms with van der Waals surface area (Å²) in [5.74, 6) is 0.621. The average Bonchev–Trinajstić information content (AvgIpc) is 3.38. The summed E-state index contributed by atoms with van der Waals surface area (Å²) in [4.78, 5) is 34.2. The second-order valence-electron chi connectivity index (χ2n) is 8.52. The van der Waals surface area contributed by atoms with Gasteiger partial charge in [0.25, 0.3) is 11.5 Å². The number of aromatic nitrogens is 3. The van der Waals surface area contributed by atoms with Crippen LogP contribution in [0.2, 0.25) is 0 Å². The average molecular weight is 380 g/mol. The topological polar surface area (TPSA) is 115 Å². The van der Waals surface area contributed by atoms with Crippen molar-refractivity contribution in [2.45, 2.75) is 57.5 Å². The molecule has 3 heterocycles. The predicted molar refractivity (Wildman–Crippen MR) is 105 cm³/mol. The van der Waals surface area contributed by atoms with Crippen molar-refractivity contribution in [1.29, 1.82) is 0 Å². The van der Waals surface area contributed by atoms with Gasteiger partial charge in [-0.25, -0.2) is 9.97 Å². The lowest BCUT2D eigenvalue weighted by Gasteiger charge is -2.31. The minimum absolute atomic E-state index is 0.154. The molecule has 2 aromatic heterocycles. The molecule has 28 heavy (non-hydrogen) atoms. The maximum absolute atomic E-state index is 13.4. The molecule has 8 heteroatoms. The molecule has 146 valence electrons. The van der Waals surface area contributed by atoms with Crippen LogP contribution in [-0.2, 0) is 5.66 Å². The lowest BCUT2D eigenvalue weighted by molar-refractivity contribution is 0.0902. The minimum Gasteiger partial charge on any atom is -0.384 e. The zero-order valence-electron chi connectivity index (χ0n) is 15.9.